The fraction of sp³-hybridized carbons (Fsp3) is 0.464. The number of fused-ring (bicyclic) bond motifs is 1. The van der Waals surface area contributed by atoms with Gasteiger partial charge >= 0.3 is 10.4 Å². The van der Waals surface area contributed by atoms with Gasteiger partial charge in [-0.2, -0.15) is 8.42 Å². The Morgan fingerprint density at radius 3 is 2.39 bits per heavy atom. The molecule has 0 bridgehead atoms. The second-order valence-electron chi connectivity index (χ2n) is 10.3. The zero-order chi connectivity index (χ0) is 32.7. The quantitative estimate of drug-likeness (QED) is 0.0483. The second-order valence-corrected chi connectivity index (χ2v) is 11.2. The number of carbonyl (C=O) groups excluding carboxylic acids is 4. The molecule has 2 aromatic rings. The first kappa shape index (κ1) is 36.1. The summed E-state index contributed by atoms with van der Waals surface area (Å²) in [6.07, 6.45) is 4.57. The van der Waals surface area contributed by atoms with E-state index in [-0.39, 0.29) is 23.7 Å². The Kier molecular flexibility index (Phi) is 14.6. The van der Waals surface area contributed by atoms with Crippen LogP contribution in [0.2, 0.25) is 0 Å². The summed E-state index contributed by atoms with van der Waals surface area (Å²) in [6, 6.07) is 11.4. The maximum atomic E-state index is 13.0. The first-order chi connectivity index (χ1) is 20.8. The molecule has 3 amide bonds. The monoisotopic (exact) mass is 635 g/mol. The number of nitrogens with one attached hydrogen (secondary N) is 2. The molecule has 242 valence electrons. The minimum Gasteiger partial charge on any atom is -0.370 e. The topological polar surface area (TPSA) is 261 Å². The van der Waals surface area contributed by atoms with Gasteiger partial charge in [0.25, 0.3) is 5.91 Å². The smallest absolute Gasteiger partial charge is 0.370 e. The van der Waals surface area contributed by atoms with Gasteiger partial charge in [-0.25, -0.2) is 0 Å². The number of unbranched alkanes of at least 4 members (excludes halogenated alkanes) is 1. The van der Waals surface area contributed by atoms with Crippen molar-refractivity contribution in [3.63, 3.8) is 0 Å². The van der Waals surface area contributed by atoms with E-state index < -0.39 is 28.5 Å². The van der Waals surface area contributed by atoms with Crippen LogP contribution < -0.4 is 27.8 Å². The first-order valence-electron chi connectivity index (χ1n) is 14.1. The van der Waals surface area contributed by atoms with E-state index >= 15 is 0 Å². The van der Waals surface area contributed by atoms with E-state index in [9.17, 15) is 19.2 Å². The molecule has 16 heteroatoms. The number of carbonyl (C=O) groups is 4. The molecular weight excluding hydrogens is 594 g/mol. The summed E-state index contributed by atoms with van der Waals surface area (Å²) in [5.74, 6) is -0.799. The van der Waals surface area contributed by atoms with Gasteiger partial charge in [0.2, 0.25) is 11.8 Å². The number of aliphatic imine (C=N–C) groups is 1. The summed E-state index contributed by atoms with van der Waals surface area (Å²) in [5, 5.41) is 7.72. The highest BCUT2D eigenvalue weighted by Gasteiger charge is 2.36. The predicted molar refractivity (Wildman–Crippen MR) is 165 cm³/mol. The molecule has 1 heterocycles. The van der Waals surface area contributed by atoms with Crippen LogP contribution in [0.15, 0.2) is 47.5 Å². The summed E-state index contributed by atoms with van der Waals surface area (Å²) in [5.41, 5.74) is 17.4. The lowest BCUT2D eigenvalue weighted by molar-refractivity contribution is -0.140. The molecule has 2 aromatic carbocycles. The summed E-state index contributed by atoms with van der Waals surface area (Å²) in [4.78, 5) is 55.1. The minimum absolute atomic E-state index is 0.0242. The van der Waals surface area contributed by atoms with Crippen molar-refractivity contribution >= 4 is 51.1 Å². The average molecular weight is 636 g/mol. The molecule has 1 aliphatic heterocycles. The molecule has 0 radical (unpaired) electrons. The number of benzene rings is 2. The van der Waals surface area contributed by atoms with Gasteiger partial charge in [0, 0.05) is 25.2 Å². The van der Waals surface area contributed by atoms with Gasteiger partial charge in [-0.1, -0.05) is 30.3 Å². The van der Waals surface area contributed by atoms with E-state index in [0.29, 0.717) is 76.4 Å². The molecule has 1 aliphatic rings. The lowest BCUT2D eigenvalue weighted by Crippen LogP contribution is -2.53. The fourth-order valence-electron chi connectivity index (χ4n) is 4.74. The standard InChI is InChI=1S/C28H39N7O4.H2O4S/c29-23(10-3-4-14-32-25(37)21-13-12-19-7-1-2-8-20(19)17-21)27(39)35-16-6-11-24(35)26(38)34-22(18-36)9-5-15-33-28(30)31;1-5(2,3)4/h1-2,7-8,12-13,17-18,22-24H,3-6,9-11,14-16,29H2,(H,32,37)(H,34,38)(H4,30,31,33);(H2,1,2,3,4)/t22-,23+,24-;/m0./s1. The Morgan fingerprint density at radius 2 is 1.73 bits per heavy atom. The van der Waals surface area contributed by atoms with Crippen molar-refractivity contribution in [2.24, 2.45) is 22.2 Å². The van der Waals surface area contributed by atoms with Gasteiger partial charge < -0.3 is 37.5 Å². The molecule has 0 saturated carbocycles. The first-order valence-corrected chi connectivity index (χ1v) is 15.5. The summed E-state index contributed by atoms with van der Waals surface area (Å²) in [6.45, 7) is 1.28. The maximum absolute atomic E-state index is 13.0. The van der Waals surface area contributed by atoms with Crippen molar-refractivity contribution in [2.75, 3.05) is 19.6 Å². The minimum atomic E-state index is -4.67. The molecule has 0 aromatic heterocycles. The van der Waals surface area contributed by atoms with Crippen LogP contribution in [-0.4, -0.2) is 90.2 Å². The predicted octanol–water partition coefficient (Wildman–Crippen LogP) is 0.143. The van der Waals surface area contributed by atoms with Crippen LogP contribution in [0.5, 0.6) is 0 Å². The molecule has 0 unspecified atom stereocenters. The third-order valence-electron chi connectivity index (χ3n) is 6.85. The van der Waals surface area contributed by atoms with Crippen LogP contribution in [0.4, 0.5) is 0 Å². The summed E-state index contributed by atoms with van der Waals surface area (Å²) < 4.78 is 31.6. The molecule has 15 nitrogen and oxygen atoms in total. The lowest BCUT2D eigenvalue weighted by Gasteiger charge is -2.27. The number of likely N-dealkylation sites (tertiary alicyclic amines) is 1. The van der Waals surface area contributed by atoms with Crippen molar-refractivity contribution in [3.05, 3.63) is 48.0 Å². The van der Waals surface area contributed by atoms with E-state index in [0.717, 1.165) is 10.8 Å². The van der Waals surface area contributed by atoms with Gasteiger partial charge in [0.05, 0.1) is 12.1 Å². The molecule has 10 N–H and O–H groups in total. The van der Waals surface area contributed by atoms with Crippen molar-refractivity contribution in [3.8, 4) is 0 Å². The summed E-state index contributed by atoms with van der Waals surface area (Å²) in [7, 11) is -4.67. The highest BCUT2D eigenvalue weighted by atomic mass is 32.3. The fourth-order valence-corrected chi connectivity index (χ4v) is 4.74. The van der Waals surface area contributed by atoms with Gasteiger partial charge in [-0.05, 0) is 67.9 Å². The third-order valence-corrected chi connectivity index (χ3v) is 6.85. The van der Waals surface area contributed by atoms with Gasteiger partial charge in [-0.3, -0.25) is 28.5 Å². The van der Waals surface area contributed by atoms with Crippen LogP contribution in [0.25, 0.3) is 10.8 Å². The van der Waals surface area contributed by atoms with E-state index in [1.54, 1.807) is 6.07 Å². The number of nitrogens with zero attached hydrogens (tertiary/aromatic N) is 2. The average Bonchev–Trinajstić information content (AvgIpc) is 3.47. The zero-order valence-corrected chi connectivity index (χ0v) is 25.1. The number of hydrogen-bond donors (Lipinski definition) is 7. The van der Waals surface area contributed by atoms with Crippen LogP contribution >= 0.6 is 0 Å². The van der Waals surface area contributed by atoms with Crippen LogP contribution in [-0.2, 0) is 24.8 Å². The van der Waals surface area contributed by atoms with Crippen molar-refractivity contribution in [2.45, 2.75) is 63.1 Å². The number of aldehydes is 1. The molecule has 1 fully saturated rings. The third kappa shape index (κ3) is 13.0. The van der Waals surface area contributed by atoms with E-state index in [1.165, 1.54) is 4.90 Å². The second kappa shape index (κ2) is 17.9. The number of amides is 3. The Bertz CT molecular complexity index is 1410. The van der Waals surface area contributed by atoms with E-state index in [1.807, 2.05) is 36.4 Å². The van der Waals surface area contributed by atoms with Gasteiger partial charge in [0.15, 0.2) is 5.96 Å². The van der Waals surface area contributed by atoms with Gasteiger partial charge in [0.1, 0.15) is 12.3 Å². The Morgan fingerprint density at radius 1 is 1.05 bits per heavy atom. The van der Waals surface area contributed by atoms with Crippen molar-refractivity contribution in [1.82, 2.24) is 15.5 Å². The van der Waals surface area contributed by atoms with Crippen LogP contribution in [0.1, 0.15) is 55.3 Å². The number of nitrogens with two attached hydrogens (primary N) is 3. The Balaban J connectivity index is 0.00000125. The van der Waals surface area contributed by atoms with Crippen LogP contribution in [0.3, 0.4) is 0 Å². The molecular formula is C28H41N7O8S. The Labute approximate surface area is 256 Å². The normalized spacial score (nSPS) is 15.8. The zero-order valence-electron chi connectivity index (χ0n) is 24.3. The summed E-state index contributed by atoms with van der Waals surface area (Å²) >= 11 is 0. The molecule has 0 spiro atoms. The highest BCUT2D eigenvalue weighted by Crippen LogP contribution is 2.20. The largest absolute Gasteiger partial charge is 0.394 e. The molecule has 44 heavy (non-hydrogen) atoms. The van der Waals surface area contributed by atoms with E-state index in [2.05, 4.69) is 15.6 Å². The lowest BCUT2D eigenvalue weighted by atomic mass is 10.1. The molecule has 0 aliphatic carbocycles. The molecule has 3 atom stereocenters. The van der Waals surface area contributed by atoms with Crippen LogP contribution in [0, 0.1) is 0 Å². The highest BCUT2D eigenvalue weighted by molar-refractivity contribution is 7.79. The van der Waals surface area contributed by atoms with Gasteiger partial charge in [-0.15, -0.1) is 0 Å². The maximum Gasteiger partial charge on any atom is 0.394 e. The van der Waals surface area contributed by atoms with E-state index in [4.69, 9.17) is 34.7 Å². The van der Waals surface area contributed by atoms with Crippen molar-refractivity contribution in [1.29, 1.82) is 0 Å². The number of hydrogen-bond acceptors (Lipinski definition) is 8. The van der Waals surface area contributed by atoms with Crippen molar-refractivity contribution < 1.29 is 36.7 Å². The SMILES string of the molecule is NC(N)=NCCC[C@@H](C=O)NC(=O)[C@@H]1CCCN1C(=O)[C@H](N)CCCCNC(=O)c1ccc2ccccc2c1.O=S(=O)(O)O. The molecule has 3 rings (SSSR count). The molecule has 1 saturated heterocycles. The Hall–Kier alpha value is -4.12. The number of rotatable bonds is 14. The number of guanidine groups is 1.